The summed E-state index contributed by atoms with van der Waals surface area (Å²) in [5.74, 6) is -0.101. The Morgan fingerprint density at radius 2 is 1.84 bits per heavy atom. The average Bonchev–Trinajstić information content (AvgIpc) is 3.09. The first-order valence-electron chi connectivity index (χ1n) is 11.0. The standard InChI is InChI=1S/C25H31N3O4/c1-5-21(29)27-20-8-6-7-19(13-20)23-22(24(30)26-14-16(2)3)28(25(31)32-23)15-18-11-9-17(4)10-12-18/h6-13,16,22-23H,5,14-15H2,1-4H3,(H,26,30)(H,27,29). The van der Waals surface area contributed by atoms with Crippen molar-refractivity contribution in [1.82, 2.24) is 10.2 Å². The zero-order valence-corrected chi connectivity index (χ0v) is 19.1. The van der Waals surface area contributed by atoms with Crippen LogP contribution in [0.4, 0.5) is 10.5 Å². The van der Waals surface area contributed by atoms with Gasteiger partial charge in [0, 0.05) is 18.7 Å². The van der Waals surface area contributed by atoms with Gasteiger partial charge in [0.05, 0.1) is 6.54 Å². The van der Waals surface area contributed by atoms with Gasteiger partial charge in [-0.3, -0.25) is 14.5 Å². The molecule has 3 amide bonds. The topological polar surface area (TPSA) is 87.7 Å². The van der Waals surface area contributed by atoms with Crippen molar-refractivity contribution in [1.29, 1.82) is 0 Å². The van der Waals surface area contributed by atoms with E-state index in [1.807, 2.05) is 45.0 Å². The lowest BCUT2D eigenvalue weighted by Gasteiger charge is -2.25. The van der Waals surface area contributed by atoms with Crippen molar-refractivity contribution in [3.63, 3.8) is 0 Å². The number of cyclic esters (lactones) is 1. The Hall–Kier alpha value is -3.35. The maximum Gasteiger partial charge on any atom is 0.411 e. The molecule has 0 aromatic heterocycles. The van der Waals surface area contributed by atoms with Crippen molar-refractivity contribution in [2.24, 2.45) is 5.92 Å². The van der Waals surface area contributed by atoms with Gasteiger partial charge < -0.3 is 15.4 Å². The lowest BCUT2D eigenvalue weighted by atomic mass is 9.99. The van der Waals surface area contributed by atoms with Crippen LogP contribution in [0.1, 0.15) is 50.0 Å². The summed E-state index contributed by atoms with van der Waals surface area (Å²) in [7, 11) is 0. The van der Waals surface area contributed by atoms with Crippen molar-refractivity contribution in [3.8, 4) is 0 Å². The quantitative estimate of drug-likeness (QED) is 0.649. The Bertz CT molecular complexity index is 971. The molecule has 0 spiro atoms. The van der Waals surface area contributed by atoms with Gasteiger partial charge >= 0.3 is 6.09 Å². The summed E-state index contributed by atoms with van der Waals surface area (Å²) < 4.78 is 5.70. The van der Waals surface area contributed by atoms with Crippen LogP contribution in [0, 0.1) is 12.8 Å². The highest BCUT2D eigenvalue weighted by Crippen LogP contribution is 2.35. The Kier molecular flexibility index (Phi) is 7.51. The smallest absolute Gasteiger partial charge is 0.411 e. The predicted octanol–water partition coefficient (Wildman–Crippen LogP) is 4.18. The first kappa shape index (κ1) is 23.3. The van der Waals surface area contributed by atoms with E-state index in [1.54, 1.807) is 31.2 Å². The number of rotatable bonds is 8. The van der Waals surface area contributed by atoms with Gasteiger partial charge in [-0.15, -0.1) is 0 Å². The normalized spacial score (nSPS) is 17.9. The minimum atomic E-state index is -0.820. The van der Waals surface area contributed by atoms with Crippen LogP contribution in [0.25, 0.3) is 0 Å². The van der Waals surface area contributed by atoms with Gasteiger partial charge in [0.2, 0.25) is 11.8 Å². The van der Waals surface area contributed by atoms with Crippen LogP contribution in [0.15, 0.2) is 48.5 Å². The molecule has 1 aliphatic heterocycles. The number of nitrogens with zero attached hydrogens (tertiary/aromatic N) is 1. The van der Waals surface area contributed by atoms with Crippen molar-refractivity contribution < 1.29 is 19.1 Å². The van der Waals surface area contributed by atoms with Gasteiger partial charge in [0.25, 0.3) is 0 Å². The molecule has 1 aliphatic rings. The molecular weight excluding hydrogens is 406 g/mol. The zero-order valence-electron chi connectivity index (χ0n) is 19.1. The van der Waals surface area contributed by atoms with E-state index in [9.17, 15) is 14.4 Å². The molecule has 0 aliphatic carbocycles. The Balaban J connectivity index is 1.90. The summed E-state index contributed by atoms with van der Waals surface area (Å²) in [5, 5.41) is 5.76. The predicted molar refractivity (Wildman–Crippen MR) is 123 cm³/mol. The number of nitrogens with one attached hydrogen (secondary N) is 2. The average molecular weight is 438 g/mol. The largest absolute Gasteiger partial charge is 0.438 e. The molecule has 170 valence electrons. The van der Waals surface area contributed by atoms with E-state index in [1.165, 1.54) is 4.90 Å². The molecule has 2 N–H and O–H groups in total. The number of benzene rings is 2. The minimum absolute atomic E-state index is 0.113. The van der Waals surface area contributed by atoms with E-state index in [0.717, 1.165) is 11.1 Å². The second-order valence-corrected chi connectivity index (χ2v) is 8.53. The third kappa shape index (κ3) is 5.66. The molecule has 0 saturated carbocycles. The summed E-state index contributed by atoms with van der Waals surface area (Å²) in [4.78, 5) is 39.3. The number of aryl methyl sites for hydroxylation is 1. The fourth-order valence-corrected chi connectivity index (χ4v) is 3.55. The molecule has 1 saturated heterocycles. The Labute approximate surface area is 189 Å². The number of carbonyl (C=O) groups excluding carboxylic acids is 3. The lowest BCUT2D eigenvalue weighted by Crippen LogP contribution is -2.47. The van der Waals surface area contributed by atoms with Gasteiger partial charge in [-0.25, -0.2) is 4.79 Å². The van der Waals surface area contributed by atoms with Crippen LogP contribution in [-0.4, -0.2) is 35.4 Å². The van der Waals surface area contributed by atoms with Crippen LogP contribution in [0.3, 0.4) is 0 Å². The van der Waals surface area contributed by atoms with E-state index in [-0.39, 0.29) is 24.3 Å². The molecule has 32 heavy (non-hydrogen) atoms. The van der Waals surface area contributed by atoms with Crippen LogP contribution < -0.4 is 10.6 Å². The molecule has 7 heteroatoms. The molecule has 2 aromatic carbocycles. The summed E-state index contributed by atoms with van der Waals surface area (Å²) in [6, 6.07) is 14.1. The van der Waals surface area contributed by atoms with Gasteiger partial charge in [-0.2, -0.15) is 0 Å². The molecule has 1 fully saturated rings. The van der Waals surface area contributed by atoms with E-state index in [4.69, 9.17) is 4.74 Å². The van der Waals surface area contributed by atoms with Crippen molar-refractivity contribution in [2.45, 2.75) is 52.8 Å². The Morgan fingerprint density at radius 1 is 1.12 bits per heavy atom. The molecule has 7 nitrogen and oxygen atoms in total. The maximum atomic E-state index is 13.2. The van der Waals surface area contributed by atoms with E-state index in [0.29, 0.717) is 24.2 Å². The highest BCUT2D eigenvalue weighted by atomic mass is 16.6. The van der Waals surface area contributed by atoms with Crippen molar-refractivity contribution in [2.75, 3.05) is 11.9 Å². The van der Waals surface area contributed by atoms with E-state index < -0.39 is 18.2 Å². The first-order valence-corrected chi connectivity index (χ1v) is 11.0. The second-order valence-electron chi connectivity index (χ2n) is 8.53. The van der Waals surface area contributed by atoms with Crippen molar-refractivity contribution in [3.05, 3.63) is 65.2 Å². The lowest BCUT2D eigenvalue weighted by molar-refractivity contribution is -0.126. The molecule has 2 aromatic rings. The summed E-state index contributed by atoms with van der Waals surface area (Å²) in [6.07, 6.45) is -0.963. The van der Waals surface area contributed by atoms with Gasteiger partial charge in [-0.05, 0) is 36.1 Å². The summed E-state index contributed by atoms with van der Waals surface area (Å²) >= 11 is 0. The minimum Gasteiger partial charge on any atom is -0.438 e. The zero-order chi connectivity index (χ0) is 23.3. The molecule has 2 unspecified atom stereocenters. The highest BCUT2D eigenvalue weighted by molar-refractivity contribution is 5.91. The van der Waals surface area contributed by atoms with E-state index in [2.05, 4.69) is 10.6 Å². The third-order valence-electron chi connectivity index (χ3n) is 5.33. The van der Waals surface area contributed by atoms with Crippen LogP contribution in [-0.2, 0) is 20.9 Å². The highest BCUT2D eigenvalue weighted by Gasteiger charge is 2.47. The number of amides is 3. The number of hydrogen-bond donors (Lipinski definition) is 2. The molecule has 0 bridgehead atoms. The fraction of sp³-hybridized carbons (Fsp3) is 0.400. The Morgan fingerprint density at radius 3 is 2.50 bits per heavy atom. The molecule has 3 rings (SSSR count). The van der Waals surface area contributed by atoms with Crippen molar-refractivity contribution >= 4 is 23.6 Å². The first-order chi connectivity index (χ1) is 15.3. The van der Waals surface area contributed by atoms with Gasteiger partial charge in [0.1, 0.15) is 0 Å². The number of hydrogen-bond acceptors (Lipinski definition) is 4. The number of carbonyl (C=O) groups is 3. The monoisotopic (exact) mass is 437 g/mol. The summed E-state index contributed by atoms with van der Waals surface area (Å²) in [6.45, 7) is 8.56. The van der Waals surface area contributed by atoms with Crippen LogP contribution in [0.2, 0.25) is 0 Å². The molecule has 0 radical (unpaired) electrons. The third-order valence-corrected chi connectivity index (χ3v) is 5.33. The summed E-state index contributed by atoms with van der Waals surface area (Å²) in [5.41, 5.74) is 3.29. The molecule has 2 atom stereocenters. The van der Waals surface area contributed by atoms with E-state index >= 15 is 0 Å². The SMILES string of the molecule is CCC(=O)Nc1cccc(C2OC(=O)N(Cc3ccc(C)cc3)C2C(=O)NCC(C)C)c1. The van der Waals surface area contributed by atoms with Gasteiger partial charge in [0.15, 0.2) is 12.1 Å². The number of anilines is 1. The number of ether oxygens (including phenoxy) is 1. The second kappa shape index (κ2) is 10.3. The fourth-order valence-electron chi connectivity index (χ4n) is 3.55. The van der Waals surface area contributed by atoms with Gasteiger partial charge in [-0.1, -0.05) is 62.7 Å². The van der Waals surface area contributed by atoms with Crippen LogP contribution >= 0.6 is 0 Å². The molecular formula is C25H31N3O4. The maximum absolute atomic E-state index is 13.2. The van der Waals surface area contributed by atoms with Crippen LogP contribution in [0.5, 0.6) is 0 Å². The molecule has 1 heterocycles.